The highest BCUT2D eigenvalue weighted by molar-refractivity contribution is 6.33. The summed E-state index contributed by atoms with van der Waals surface area (Å²) in [5.41, 5.74) is 2.52. The summed E-state index contributed by atoms with van der Waals surface area (Å²) in [6.07, 6.45) is 0. The van der Waals surface area contributed by atoms with E-state index in [1.807, 2.05) is 48.2 Å². The Bertz CT molecular complexity index is 632. The van der Waals surface area contributed by atoms with Gasteiger partial charge in [0.05, 0.1) is 23.9 Å². The summed E-state index contributed by atoms with van der Waals surface area (Å²) in [5, 5.41) is 12.5. The van der Waals surface area contributed by atoms with Crippen LogP contribution in [-0.2, 0) is 4.79 Å². The zero-order chi connectivity index (χ0) is 15.9. The number of aliphatic hydroxyl groups is 1. The lowest BCUT2D eigenvalue weighted by Crippen LogP contribution is -2.35. The molecule has 22 heavy (non-hydrogen) atoms. The molecule has 5 heteroatoms. The lowest BCUT2D eigenvalue weighted by atomic mass is 10.2. The van der Waals surface area contributed by atoms with E-state index in [0.717, 1.165) is 11.3 Å². The predicted octanol–water partition coefficient (Wildman–Crippen LogP) is 3.09. The summed E-state index contributed by atoms with van der Waals surface area (Å²) in [4.78, 5) is 14.0. The lowest BCUT2D eigenvalue weighted by molar-refractivity contribution is -0.115. The summed E-state index contributed by atoms with van der Waals surface area (Å²) in [6.45, 7) is 2.46. The number of nitrogens with zero attached hydrogens (tertiary/aromatic N) is 1. The van der Waals surface area contributed by atoms with Gasteiger partial charge in [0.2, 0.25) is 5.91 Å². The van der Waals surface area contributed by atoms with E-state index in [1.54, 1.807) is 12.1 Å². The highest BCUT2D eigenvalue weighted by atomic mass is 35.5. The quantitative estimate of drug-likeness (QED) is 0.860. The van der Waals surface area contributed by atoms with Crippen molar-refractivity contribution in [1.29, 1.82) is 0 Å². The van der Waals surface area contributed by atoms with Gasteiger partial charge in [-0.15, -0.1) is 0 Å². The van der Waals surface area contributed by atoms with Gasteiger partial charge in [-0.05, 0) is 36.8 Å². The highest BCUT2D eigenvalue weighted by Gasteiger charge is 2.12. The van der Waals surface area contributed by atoms with Crippen molar-refractivity contribution in [2.75, 3.05) is 29.9 Å². The minimum absolute atomic E-state index is 0.0204. The Morgan fingerprint density at radius 3 is 2.59 bits per heavy atom. The fourth-order valence-corrected chi connectivity index (χ4v) is 2.43. The average Bonchev–Trinajstić information content (AvgIpc) is 2.50. The van der Waals surface area contributed by atoms with Crippen LogP contribution in [0.4, 0.5) is 11.4 Å². The van der Waals surface area contributed by atoms with Crippen molar-refractivity contribution < 1.29 is 9.90 Å². The van der Waals surface area contributed by atoms with Gasteiger partial charge in [-0.3, -0.25) is 4.79 Å². The fraction of sp³-hybridized carbons (Fsp3) is 0.235. The SMILES string of the molecule is Cc1ccc(NC(=O)CN(CCO)c2ccccc2)c(Cl)c1. The van der Waals surface area contributed by atoms with Gasteiger partial charge >= 0.3 is 0 Å². The first-order valence-electron chi connectivity index (χ1n) is 7.07. The Balaban J connectivity index is 2.05. The normalized spacial score (nSPS) is 10.3. The van der Waals surface area contributed by atoms with E-state index in [0.29, 0.717) is 17.3 Å². The number of anilines is 2. The molecule has 0 radical (unpaired) electrons. The molecule has 0 atom stereocenters. The largest absolute Gasteiger partial charge is 0.395 e. The highest BCUT2D eigenvalue weighted by Crippen LogP contribution is 2.22. The molecular formula is C17H19ClN2O2. The summed E-state index contributed by atoms with van der Waals surface area (Å²) in [6, 6.07) is 15.0. The maximum Gasteiger partial charge on any atom is 0.243 e. The number of para-hydroxylation sites is 1. The van der Waals surface area contributed by atoms with Gasteiger partial charge in [-0.2, -0.15) is 0 Å². The van der Waals surface area contributed by atoms with Crippen LogP contribution in [0.5, 0.6) is 0 Å². The van der Waals surface area contributed by atoms with Gasteiger partial charge in [0.25, 0.3) is 0 Å². The van der Waals surface area contributed by atoms with E-state index >= 15 is 0 Å². The van der Waals surface area contributed by atoms with E-state index in [2.05, 4.69) is 5.32 Å². The maximum atomic E-state index is 12.2. The van der Waals surface area contributed by atoms with Crippen molar-refractivity contribution in [2.24, 2.45) is 0 Å². The van der Waals surface area contributed by atoms with Crippen molar-refractivity contribution >= 4 is 28.9 Å². The second kappa shape index (κ2) is 7.82. The Labute approximate surface area is 135 Å². The fourth-order valence-electron chi connectivity index (χ4n) is 2.14. The first kappa shape index (κ1) is 16.3. The number of aryl methyl sites for hydroxylation is 1. The monoisotopic (exact) mass is 318 g/mol. The number of nitrogens with one attached hydrogen (secondary N) is 1. The van der Waals surface area contributed by atoms with Gasteiger partial charge in [0.1, 0.15) is 0 Å². The molecule has 2 aromatic carbocycles. The van der Waals surface area contributed by atoms with Crippen molar-refractivity contribution in [2.45, 2.75) is 6.92 Å². The molecule has 0 aliphatic rings. The number of hydrogen-bond acceptors (Lipinski definition) is 3. The first-order chi connectivity index (χ1) is 10.6. The number of carbonyl (C=O) groups excluding carboxylic acids is 1. The van der Waals surface area contributed by atoms with E-state index < -0.39 is 0 Å². The molecule has 0 unspecified atom stereocenters. The molecular weight excluding hydrogens is 300 g/mol. The molecule has 4 nitrogen and oxygen atoms in total. The number of carbonyl (C=O) groups is 1. The summed E-state index contributed by atoms with van der Waals surface area (Å²) in [5.74, 6) is -0.178. The number of aliphatic hydroxyl groups excluding tert-OH is 1. The number of benzene rings is 2. The van der Waals surface area contributed by atoms with Crippen molar-refractivity contribution in [3.05, 3.63) is 59.1 Å². The van der Waals surface area contributed by atoms with E-state index in [-0.39, 0.29) is 19.1 Å². The minimum Gasteiger partial charge on any atom is -0.395 e. The van der Waals surface area contributed by atoms with Crippen LogP contribution in [-0.4, -0.2) is 30.7 Å². The van der Waals surface area contributed by atoms with Crippen LogP contribution in [0.3, 0.4) is 0 Å². The van der Waals surface area contributed by atoms with E-state index in [9.17, 15) is 9.90 Å². The lowest BCUT2D eigenvalue weighted by Gasteiger charge is -2.23. The van der Waals surface area contributed by atoms with E-state index in [1.165, 1.54) is 0 Å². The van der Waals surface area contributed by atoms with Crippen LogP contribution in [0.1, 0.15) is 5.56 Å². The van der Waals surface area contributed by atoms with Crippen LogP contribution in [0.25, 0.3) is 0 Å². The summed E-state index contributed by atoms with van der Waals surface area (Å²) in [7, 11) is 0. The van der Waals surface area contributed by atoms with Gasteiger partial charge in [0.15, 0.2) is 0 Å². The molecule has 0 aliphatic carbocycles. The molecule has 0 heterocycles. The molecule has 0 aromatic heterocycles. The Hall–Kier alpha value is -2.04. The smallest absolute Gasteiger partial charge is 0.243 e. The Morgan fingerprint density at radius 2 is 1.95 bits per heavy atom. The summed E-state index contributed by atoms with van der Waals surface area (Å²) < 4.78 is 0. The molecule has 0 aliphatic heterocycles. The summed E-state index contributed by atoms with van der Waals surface area (Å²) >= 11 is 6.12. The molecule has 116 valence electrons. The number of halogens is 1. The molecule has 2 rings (SSSR count). The third kappa shape index (κ3) is 4.48. The van der Waals surface area contributed by atoms with Crippen LogP contribution in [0.2, 0.25) is 5.02 Å². The third-order valence-corrected chi connectivity index (χ3v) is 3.54. The van der Waals surface area contributed by atoms with Gasteiger partial charge < -0.3 is 15.3 Å². The standard InChI is InChI=1S/C17H19ClN2O2/c1-13-7-8-16(15(18)11-13)19-17(22)12-20(9-10-21)14-5-3-2-4-6-14/h2-8,11,21H,9-10,12H2,1H3,(H,19,22). The molecule has 0 saturated heterocycles. The number of rotatable bonds is 6. The van der Waals surface area contributed by atoms with Crippen molar-refractivity contribution in [3.8, 4) is 0 Å². The maximum absolute atomic E-state index is 12.2. The van der Waals surface area contributed by atoms with Crippen LogP contribution >= 0.6 is 11.6 Å². The van der Waals surface area contributed by atoms with Crippen LogP contribution in [0.15, 0.2) is 48.5 Å². The van der Waals surface area contributed by atoms with Gasteiger partial charge in [0, 0.05) is 12.2 Å². The van der Waals surface area contributed by atoms with Crippen molar-refractivity contribution in [3.63, 3.8) is 0 Å². The average molecular weight is 319 g/mol. The predicted molar refractivity (Wildman–Crippen MR) is 90.6 cm³/mol. The number of amides is 1. The number of hydrogen-bond donors (Lipinski definition) is 2. The molecule has 0 fully saturated rings. The zero-order valence-corrected chi connectivity index (χ0v) is 13.2. The van der Waals surface area contributed by atoms with Crippen molar-refractivity contribution in [1.82, 2.24) is 0 Å². The Morgan fingerprint density at radius 1 is 1.23 bits per heavy atom. The Kier molecular flexibility index (Phi) is 5.81. The molecule has 0 saturated carbocycles. The zero-order valence-electron chi connectivity index (χ0n) is 12.4. The second-order valence-electron chi connectivity index (χ2n) is 5.01. The third-order valence-electron chi connectivity index (χ3n) is 3.22. The van der Waals surface area contributed by atoms with Gasteiger partial charge in [-0.1, -0.05) is 35.9 Å². The minimum atomic E-state index is -0.178. The molecule has 0 spiro atoms. The molecule has 2 aromatic rings. The molecule has 0 bridgehead atoms. The van der Waals surface area contributed by atoms with Gasteiger partial charge in [-0.25, -0.2) is 0 Å². The molecule has 1 amide bonds. The van der Waals surface area contributed by atoms with Crippen LogP contribution < -0.4 is 10.2 Å². The van der Waals surface area contributed by atoms with Crippen LogP contribution in [0, 0.1) is 6.92 Å². The topological polar surface area (TPSA) is 52.6 Å². The van der Waals surface area contributed by atoms with E-state index in [4.69, 9.17) is 11.6 Å². The molecule has 2 N–H and O–H groups in total. The first-order valence-corrected chi connectivity index (χ1v) is 7.45. The second-order valence-corrected chi connectivity index (χ2v) is 5.42.